The van der Waals surface area contributed by atoms with Gasteiger partial charge >= 0.3 is 6.09 Å². The van der Waals surface area contributed by atoms with Gasteiger partial charge in [0, 0.05) is 11.0 Å². The molecule has 3 rings (SSSR count). The highest BCUT2D eigenvalue weighted by molar-refractivity contribution is 7.12. The summed E-state index contributed by atoms with van der Waals surface area (Å²) in [5.74, 6) is 0.0748. The molecule has 1 amide bonds. The highest BCUT2D eigenvalue weighted by Crippen LogP contribution is 2.48. The molecule has 0 spiro atoms. The molecule has 23 heavy (non-hydrogen) atoms. The normalized spacial score (nSPS) is 18.5. The molecule has 2 aromatic rings. The first-order valence-corrected chi connectivity index (χ1v) is 8.35. The molecule has 0 aliphatic heterocycles. The molecule has 1 aliphatic rings. The summed E-state index contributed by atoms with van der Waals surface area (Å²) >= 11 is 1.46. The molecule has 120 valence electrons. The van der Waals surface area contributed by atoms with Crippen LogP contribution in [0.3, 0.4) is 0 Å². The third-order valence-corrected chi connectivity index (χ3v) is 5.33. The lowest BCUT2D eigenvalue weighted by Crippen LogP contribution is -2.25. The van der Waals surface area contributed by atoms with Crippen LogP contribution in [0, 0.1) is 5.41 Å². The van der Waals surface area contributed by atoms with Crippen molar-refractivity contribution in [3.05, 3.63) is 45.6 Å². The number of hydrogen-bond acceptors (Lipinski definition) is 4. The first kappa shape index (κ1) is 15.7. The molecule has 4 nitrogen and oxygen atoms in total. The van der Waals surface area contributed by atoms with Crippen LogP contribution in [0.25, 0.3) is 11.1 Å². The molecular weight excluding hydrogens is 310 g/mol. The Morgan fingerprint density at radius 1 is 1.30 bits per heavy atom. The molecule has 1 aromatic heterocycles. The van der Waals surface area contributed by atoms with Crippen molar-refractivity contribution >= 4 is 23.2 Å². The van der Waals surface area contributed by atoms with Gasteiger partial charge in [0.05, 0.1) is 4.88 Å². The van der Waals surface area contributed by atoms with Gasteiger partial charge in [-0.1, -0.05) is 32.0 Å². The van der Waals surface area contributed by atoms with Crippen molar-refractivity contribution in [2.45, 2.75) is 33.3 Å². The van der Waals surface area contributed by atoms with Crippen LogP contribution in [-0.4, -0.2) is 11.9 Å². The van der Waals surface area contributed by atoms with Gasteiger partial charge in [0.25, 0.3) is 0 Å². The van der Waals surface area contributed by atoms with E-state index in [0.717, 1.165) is 33.6 Å². The van der Waals surface area contributed by atoms with E-state index in [9.17, 15) is 9.59 Å². The van der Waals surface area contributed by atoms with Crippen molar-refractivity contribution < 1.29 is 14.3 Å². The lowest BCUT2D eigenvalue weighted by atomic mass is 9.87. The van der Waals surface area contributed by atoms with Gasteiger partial charge in [-0.2, -0.15) is 0 Å². The quantitative estimate of drug-likeness (QED) is 0.852. The standard InChI is InChI=1S/C18H19NO3S/c1-10(20)15-13(6-7-23-15)11-4-5-14-12(8-11)9-18(2,3)16(14)22-17(19)21/h4-8,16H,9H2,1-3H3,(H2,19,21). The number of benzene rings is 1. The number of Topliss-reactive ketones (excluding diaryl/α,β-unsaturated/α-hetero) is 1. The Morgan fingerprint density at radius 3 is 2.70 bits per heavy atom. The molecule has 1 aromatic carbocycles. The number of ketones is 1. The molecule has 0 saturated heterocycles. The van der Waals surface area contributed by atoms with Crippen LogP contribution in [0.5, 0.6) is 0 Å². The number of carbonyl (C=O) groups excluding carboxylic acids is 2. The Bertz CT molecular complexity index is 791. The summed E-state index contributed by atoms with van der Waals surface area (Å²) in [7, 11) is 0. The number of ether oxygens (including phenoxy) is 1. The molecular formula is C18H19NO3S. The lowest BCUT2D eigenvalue weighted by molar-refractivity contribution is 0.0392. The highest BCUT2D eigenvalue weighted by Gasteiger charge is 2.41. The van der Waals surface area contributed by atoms with E-state index in [1.54, 1.807) is 6.92 Å². The summed E-state index contributed by atoms with van der Waals surface area (Å²) in [4.78, 5) is 23.7. The zero-order chi connectivity index (χ0) is 16.8. The fourth-order valence-electron chi connectivity index (χ4n) is 3.34. The summed E-state index contributed by atoms with van der Waals surface area (Å²) < 4.78 is 5.33. The Labute approximate surface area is 139 Å². The molecule has 1 atom stereocenters. The summed E-state index contributed by atoms with van der Waals surface area (Å²) in [6.45, 7) is 5.71. The number of thiophene rings is 1. The molecule has 5 heteroatoms. The van der Waals surface area contributed by atoms with Crippen LogP contribution < -0.4 is 5.73 Å². The van der Waals surface area contributed by atoms with Crippen LogP contribution in [-0.2, 0) is 11.2 Å². The van der Waals surface area contributed by atoms with Crippen molar-refractivity contribution in [2.75, 3.05) is 0 Å². The number of rotatable bonds is 3. The van der Waals surface area contributed by atoms with Crippen molar-refractivity contribution in [3.63, 3.8) is 0 Å². The number of hydrogen-bond donors (Lipinski definition) is 1. The minimum Gasteiger partial charge on any atom is -0.441 e. The third kappa shape index (κ3) is 2.77. The van der Waals surface area contributed by atoms with E-state index in [2.05, 4.69) is 19.9 Å². The Balaban J connectivity index is 2.03. The van der Waals surface area contributed by atoms with Gasteiger partial charge < -0.3 is 10.5 Å². The van der Waals surface area contributed by atoms with Gasteiger partial charge in [-0.05, 0) is 41.5 Å². The predicted octanol–water partition coefficient (Wildman–Crippen LogP) is 4.34. The molecule has 0 bridgehead atoms. The predicted molar refractivity (Wildman–Crippen MR) is 90.7 cm³/mol. The molecule has 0 saturated carbocycles. The number of nitrogens with two attached hydrogens (primary N) is 1. The summed E-state index contributed by atoms with van der Waals surface area (Å²) in [5, 5.41) is 1.93. The number of primary amides is 1. The lowest BCUT2D eigenvalue weighted by Gasteiger charge is -2.26. The fourth-order valence-corrected chi connectivity index (χ4v) is 4.15. The van der Waals surface area contributed by atoms with Crippen LogP contribution in [0.15, 0.2) is 29.6 Å². The van der Waals surface area contributed by atoms with Crippen molar-refractivity contribution in [1.29, 1.82) is 0 Å². The third-order valence-electron chi connectivity index (χ3n) is 4.31. The molecule has 0 fully saturated rings. The second kappa shape index (κ2) is 5.49. The number of fused-ring (bicyclic) bond motifs is 1. The van der Waals surface area contributed by atoms with E-state index in [1.807, 2.05) is 23.6 Å². The van der Waals surface area contributed by atoms with Crippen molar-refractivity contribution in [3.8, 4) is 11.1 Å². The summed E-state index contributed by atoms with van der Waals surface area (Å²) in [6.07, 6.45) is -0.288. The Morgan fingerprint density at radius 2 is 2.04 bits per heavy atom. The van der Waals surface area contributed by atoms with E-state index in [4.69, 9.17) is 10.5 Å². The zero-order valence-electron chi connectivity index (χ0n) is 13.4. The average Bonchev–Trinajstić information content (AvgIpc) is 3.01. The average molecular weight is 329 g/mol. The maximum atomic E-state index is 11.7. The molecule has 1 heterocycles. The van der Waals surface area contributed by atoms with E-state index in [0.29, 0.717) is 0 Å². The monoisotopic (exact) mass is 329 g/mol. The van der Waals surface area contributed by atoms with Gasteiger partial charge in [-0.3, -0.25) is 4.79 Å². The van der Waals surface area contributed by atoms with E-state index in [1.165, 1.54) is 11.3 Å². The Hall–Kier alpha value is -2.14. The number of amides is 1. The van der Waals surface area contributed by atoms with E-state index < -0.39 is 6.09 Å². The van der Waals surface area contributed by atoms with Gasteiger partial charge in [0.2, 0.25) is 0 Å². The van der Waals surface area contributed by atoms with Crippen molar-refractivity contribution in [1.82, 2.24) is 0 Å². The number of carbonyl (C=O) groups is 2. The van der Waals surface area contributed by atoms with Gasteiger partial charge in [-0.15, -0.1) is 11.3 Å². The maximum Gasteiger partial charge on any atom is 0.405 e. The summed E-state index contributed by atoms with van der Waals surface area (Å²) in [5.41, 5.74) is 9.13. The molecule has 1 aliphatic carbocycles. The molecule has 1 unspecified atom stereocenters. The van der Waals surface area contributed by atoms with Crippen LogP contribution in [0.4, 0.5) is 4.79 Å². The largest absolute Gasteiger partial charge is 0.441 e. The van der Waals surface area contributed by atoms with Crippen LogP contribution in [0.1, 0.15) is 47.7 Å². The minimum atomic E-state index is -0.753. The smallest absolute Gasteiger partial charge is 0.405 e. The second-order valence-corrected chi connectivity index (χ2v) is 7.53. The van der Waals surface area contributed by atoms with Gasteiger partial charge in [0.15, 0.2) is 5.78 Å². The highest BCUT2D eigenvalue weighted by atomic mass is 32.1. The first-order chi connectivity index (χ1) is 10.8. The molecule has 0 radical (unpaired) electrons. The fraction of sp³-hybridized carbons (Fsp3) is 0.333. The first-order valence-electron chi connectivity index (χ1n) is 7.47. The molecule has 2 N–H and O–H groups in total. The van der Waals surface area contributed by atoms with Gasteiger partial charge in [-0.25, -0.2) is 4.79 Å². The Kier molecular flexibility index (Phi) is 3.76. The van der Waals surface area contributed by atoms with E-state index in [-0.39, 0.29) is 17.3 Å². The summed E-state index contributed by atoms with van der Waals surface area (Å²) in [6, 6.07) is 8.03. The van der Waals surface area contributed by atoms with Crippen molar-refractivity contribution in [2.24, 2.45) is 11.1 Å². The minimum absolute atomic E-state index is 0.0748. The van der Waals surface area contributed by atoms with Gasteiger partial charge in [0.1, 0.15) is 6.10 Å². The second-order valence-electron chi connectivity index (χ2n) is 6.62. The van der Waals surface area contributed by atoms with Crippen LogP contribution >= 0.6 is 11.3 Å². The topological polar surface area (TPSA) is 69.4 Å². The SMILES string of the molecule is CC(=O)c1sccc1-c1ccc2c(c1)CC(C)(C)C2OC(N)=O. The van der Waals surface area contributed by atoms with Crippen LogP contribution in [0.2, 0.25) is 0 Å². The van der Waals surface area contributed by atoms with E-state index >= 15 is 0 Å². The zero-order valence-corrected chi connectivity index (χ0v) is 14.2. The maximum absolute atomic E-state index is 11.7.